The summed E-state index contributed by atoms with van der Waals surface area (Å²) in [5.41, 5.74) is 4.72. The number of rotatable bonds is 7. The lowest BCUT2D eigenvalue weighted by molar-refractivity contribution is -0.124. The van der Waals surface area contributed by atoms with Crippen LogP contribution in [0.15, 0.2) is 60.3 Å². The number of nitrogens with zero attached hydrogens (tertiary/aromatic N) is 4. The van der Waals surface area contributed by atoms with E-state index in [0.717, 1.165) is 29.5 Å². The number of amides is 2. The SMILES string of the molecule is O=C1C/C(=C\c2cnn3c(NC4CC4)nc(NCc4ccccc4-c4cccc(Cl)c4)nc23)C(=O)N1. The number of benzene rings is 2. The van der Waals surface area contributed by atoms with Crippen LogP contribution in [0.2, 0.25) is 5.02 Å². The van der Waals surface area contributed by atoms with Gasteiger partial charge in [-0.25, -0.2) is 0 Å². The molecule has 0 unspecified atom stereocenters. The average Bonchev–Trinajstić information content (AvgIpc) is 3.51. The highest BCUT2D eigenvalue weighted by atomic mass is 35.5. The molecule has 2 amide bonds. The van der Waals surface area contributed by atoms with Gasteiger partial charge in [-0.1, -0.05) is 48.0 Å². The molecular formula is C26H22ClN7O2. The van der Waals surface area contributed by atoms with Crippen molar-refractivity contribution in [3.8, 4) is 11.1 Å². The van der Waals surface area contributed by atoms with Crippen LogP contribution in [0.4, 0.5) is 11.9 Å². The molecule has 1 saturated heterocycles. The van der Waals surface area contributed by atoms with Crippen LogP contribution in [-0.4, -0.2) is 37.4 Å². The van der Waals surface area contributed by atoms with Crippen LogP contribution in [0.25, 0.3) is 22.9 Å². The summed E-state index contributed by atoms with van der Waals surface area (Å²) in [6.45, 7) is 0.489. The third-order valence-corrected chi connectivity index (χ3v) is 6.36. The molecule has 2 aliphatic rings. The molecule has 2 aromatic heterocycles. The van der Waals surface area contributed by atoms with Crippen molar-refractivity contribution in [2.45, 2.75) is 31.8 Å². The van der Waals surface area contributed by atoms with Gasteiger partial charge in [0.1, 0.15) is 0 Å². The first-order valence-corrected chi connectivity index (χ1v) is 12.1. The summed E-state index contributed by atoms with van der Waals surface area (Å²) in [7, 11) is 0. The molecule has 1 saturated carbocycles. The predicted octanol–water partition coefficient (Wildman–Crippen LogP) is 4.06. The second kappa shape index (κ2) is 9.09. The Morgan fingerprint density at radius 2 is 1.97 bits per heavy atom. The minimum atomic E-state index is -0.388. The van der Waals surface area contributed by atoms with Gasteiger partial charge in [0.2, 0.25) is 17.8 Å². The normalized spacial score (nSPS) is 16.5. The summed E-state index contributed by atoms with van der Waals surface area (Å²) in [5, 5.41) is 14.2. The lowest BCUT2D eigenvalue weighted by Gasteiger charge is -2.13. The highest BCUT2D eigenvalue weighted by molar-refractivity contribution is 6.30. The van der Waals surface area contributed by atoms with Gasteiger partial charge in [0.25, 0.3) is 5.91 Å². The quantitative estimate of drug-likeness (QED) is 0.259. The van der Waals surface area contributed by atoms with Gasteiger partial charge in [-0.05, 0) is 47.7 Å². The number of hydrogen-bond donors (Lipinski definition) is 3. The predicted molar refractivity (Wildman–Crippen MR) is 137 cm³/mol. The van der Waals surface area contributed by atoms with Crippen LogP contribution < -0.4 is 16.0 Å². The lowest BCUT2D eigenvalue weighted by Crippen LogP contribution is -2.19. The van der Waals surface area contributed by atoms with Crippen molar-refractivity contribution in [1.29, 1.82) is 0 Å². The van der Waals surface area contributed by atoms with Gasteiger partial charge < -0.3 is 10.6 Å². The number of carbonyl (C=O) groups excluding carboxylic acids is 2. The van der Waals surface area contributed by atoms with E-state index in [9.17, 15) is 9.59 Å². The number of nitrogens with one attached hydrogen (secondary N) is 3. The highest BCUT2D eigenvalue weighted by Gasteiger charge is 2.26. The van der Waals surface area contributed by atoms with Gasteiger partial charge in [-0.3, -0.25) is 14.9 Å². The molecule has 3 heterocycles. The minimum absolute atomic E-state index is 0.0415. The van der Waals surface area contributed by atoms with Crippen LogP contribution in [0.3, 0.4) is 0 Å². The highest BCUT2D eigenvalue weighted by Crippen LogP contribution is 2.28. The zero-order chi connectivity index (χ0) is 24.6. The Bertz CT molecular complexity index is 1540. The summed E-state index contributed by atoms with van der Waals surface area (Å²) in [4.78, 5) is 33.1. The smallest absolute Gasteiger partial charge is 0.254 e. The van der Waals surface area contributed by atoms with Crippen molar-refractivity contribution in [1.82, 2.24) is 24.9 Å². The molecular weight excluding hydrogens is 478 g/mol. The largest absolute Gasteiger partial charge is 0.351 e. The monoisotopic (exact) mass is 499 g/mol. The summed E-state index contributed by atoms with van der Waals surface area (Å²) >= 11 is 6.22. The molecule has 0 spiro atoms. The third kappa shape index (κ3) is 4.52. The number of imide groups is 1. The fraction of sp³-hybridized carbons (Fsp3) is 0.192. The van der Waals surface area contributed by atoms with Crippen molar-refractivity contribution in [3.05, 3.63) is 76.5 Å². The Hall–Kier alpha value is -4.24. The van der Waals surface area contributed by atoms with Gasteiger partial charge in [-0.2, -0.15) is 19.6 Å². The van der Waals surface area contributed by atoms with Crippen LogP contribution >= 0.6 is 11.6 Å². The molecule has 1 aliphatic carbocycles. The number of halogens is 1. The van der Waals surface area contributed by atoms with Gasteiger partial charge in [-0.15, -0.1) is 0 Å². The van der Waals surface area contributed by atoms with E-state index in [-0.39, 0.29) is 18.2 Å². The van der Waals surface area contributed by atoms with E-state index in [1.807, 2.05) is 36.4 Å². The Morgan fingerprint density at radius 3 is 2.75 bits per heavy atom. The fourth-order valence-electron chi connectivity index (χ4n) is 4.17. The molecule has 10 heteroatoms. The summed E-state index contributed by atoms with van der Waals surface area (Å²) in [6, 6.07) is 16.2. The van der Waals surface area contributed by atoms with E-state index in [2.05, 4.69) is 38.2 Å². The molecule has 36 heavy (non-hydrogen) atoms. The van der Waals surface area contributed by atoms with Gasteiger partial charge in [0.15, 0.2) is 5.65 Å². The maximum Gasteiger partial charge on any atom is 0.254 e. The first kappa shape index (κ1) is 22.2. The molecule has 9 nitrogen and oxygen atoms in total. The molecule has 2 aromatic carbocycles. The maximum absolute atomic E-state index is 12.1. The number of hydrogen-bond acceptors (Lipinski definition) is 7. The molecule has 0 radical (unpaired) electrons. The van der Waals surface area contributed by atoms with E-state index in [0.29, 0.717) is 46.3 Å². The van der Waals surface area contributed by atoms with Crippen molar-refractivity contribution in [2.24, 2.45) is 0 Å². The van der Waals surface area contributed by atoms with Crippen LogP contribution in [0.1, 0.15) is 30.4 Å². The second-order valence-corrected chi connectivity index (χ2v) is 9.31. The van der Waals surface area contributed by atoms with Gasteiger partial charge in [0.05, 0.1) is 12.6 Å². The molecule has 4 aromatic rings. The summed E-state index contributed by atoms with van der Waals surface area (Å²) in [6.07, 6.45) is 5.47. The van der Waals surface area contributed by atoms with Crippen LogP contribution in [-0.2, 0) is 16.1 Å². The molecule has 2 fully saturated rings. The lowest BCUT2D eigenvalue weighted by atomic mass is 10.00. The summed E-state index contributed by atoms with van der Waals surface area (Å²) in [5.74, 6) is 0.304. The van der Waals surface area contributed by atoms with E-state index in [4.69, 9.17) is 16.6 Å². The number of anilines is 2. The fourth-order valence-corrected chi connectivity index (χ4v) is 4.36. The Kier molecular flexibility index (Phi) is 5.61. The minimum Gasteiger partial charge on any atom is -0.351 e. The first-order valence-electron chi connectivity index (χ1n) is 11.7. The zero-order valence-corrected chi connectivity index (χ0v) is 19.9. The van der Waals surface area contributed by atoms with E-state index < -0.39 is 0 Å². The van der Waals surface area contributed by atoms with Crippen molar-refractivity contribution in [3.63, 3.8) is 0 Å². The van der Waals surface area contributed by atoms with E-state index in [1.165, 1.54) is 0 Å². The zero-order valence-electron chi connectivity index (χ0n) is 19.2. The van der Waals surface area contributed by atoms with Crippen LogP contribution in [0.5, 0.6) is 0 Å². The Morgan fingerprint density at radius 1 is 1.11 bits per heavy atom. The topological polar surface area (TPSA) is 113 Å². The van der Waals surface area contributed by atoms with Crippen LogP contribution in [0, 0.1) is 0 Å². The van der Waals surface area contributed by atoms with Crippen molar-refractivity contribution >= 4 is 47.0 Å². The van der Waals surface area contributed by atoms with Crippen molar-refractivity contribution < 1.29 is 9.59 Å². The van der Waals surface area contributed by atoms with Gasteiger partial charge in [0, 0.05) is 28.7 Å². The third-order valence-electron chi connectivity index (χ3n) is 6.12. The number of carbonyl (C=O) groups is 2. The first-order chi connectivity index (χ1) is 17.5. The number of fused-ring (bicyclic) bond motifs is 1. The van der Waals surface area contributed by atoms with E-state index in [1.54, 1.807) is 16.8 Å². The second-order valence-electron chi connectivity index (χ2n) is 8.87. The standard InChI is InChI=1S/C26H22ClN7O2/c27-19-6-3-5-15(11-19)21-7-2-1-4-16(21)13-28-25-32-23-18(10-17-12-22(35)31-24(17)36)14-29-34(23)26(33-25)30-20-8-9-20/h1-7,10-11,14,20H,8-9,12-13H2,(H,31,35,36)(H2,28,30,32,33)/b17-10+. The summed E-state index contributed by atoms with van der Waals surface area (Å²) < 4.78 is 1.63. The molecule has 0 atom stereocenters. The maximum atomic E-state index is 12.1. The molecule has 6 rings (SSSR count). The van der Waals surface area contributed by atoms with Gasteiger partial charge >= 0.3 is 0 Å². The molecule has 0 bridgehead atoms. The average molecular weight is 500 g/mol. The van der Waals surface area contributed by atoms with Crippen molar-refractivity contribution in [2.75, 3.05) is 10.6 Å². The Balaban J connectivity index is 1.34. The number of aromatic nitrogens is 4. The Labute approximate surface area is 211 Å². The molecule has 180 valence electrons. The molecule has 3 N–H and O–H groups in total. The molecule has 1 aliphatic heterocycles. The van der Waals surface area contributed by atoms with E-state index >= 15 is 0 Å².